The largest absolute Gasteiger partial charge is 0.342 e. The fraction of sp³-hybridized carbons (Fsp3) is 0.348. The molecule has 0 atom stereocenters. The summed E-state index contributed by atoms with van der Waals surface area (Å²) in [6.07, 6.45) is 3.97. The number of carbonyl (C=O) groups excluding carboxylic acids is 1. The third-order valence-corrected chi connectivity index (χ3v) is 5.77. The van der Waals surface area contributed by atoms with E-state index in [0.717, 1.165) is 48.0 Å². The Morgan fingerprint density at radius 2 is 1.75 bits per heavy atom. The van der Waals surface area contributed by atoms with Gasteiger partial charge in [-0.2, -0.15) is 0 Å². The van der Waals surface area contributed by atoms with Crippen LogP contribution in [0, 0.1) is 5.82 Å². The average Bonchev–Trinajstić information content (AvgIpc) is 3.08. The maximum atomic E-state index is 13.3. The van der Waals surface area contributed by atoms with Crippen molar-refractivity contribution in [2.75, 3.05) is 27.2 Å². The number of para-hydroxylation sites is 1. The molecule has 0 N–H and O–H groups in total. The second-order valence-corrected chi connectivity index (χ2v) is 7.80. The minimum atomic E-state index is -0.238. The van der Waals surface area contributed by atoms with Crippen LogP contribution in [-0.4, -0.2) is 53.5 Å². The molecule has 146 valence electrons. The van der Waals surface area contributed by atoms with Crippen LogP contribution in [-0.2, 0) is 6.54 Å². The standard InChI is InChI=1S/C23H26FN3O/c1-25(2)19-11-13-26(14-12-19)23(28)21-16-27(22-6-4-3-5-20(21)22)15-17-7-9-18(24)10-8-17/h3-10,16,19H,11-15H2,1-2H3. The van der Waals surface area contributed by atoms with Crippen LogP contribution in [0.15, 0.2) is 54.7 Å². The first-order valence-corrected chi connectivity index (χ1v) is 9.81. The number of likely N-dealkylation sites (tertiary alicyclic amines) is 1. The molecule has 4 nitrogen and oxygen atoms in total. The quantitative estimate of drug-likeness (QED) is 0.686. The Morgan fingerprint density at radius 1 is 1.07 bits per heavy atom. The summed E-state index contributed by atoms with van der Waals surface area (Å²) in [6.45, 7) is 2.19. The summed E-state index contributed by atoms with van der Waals surface area (Å²) in [6, 6.07) is 15.1. The molecule has 0 bridgehead atoms. The first kappa shape index (κ1) is 18.7. The van der Waals surface area contributed by atoms with Crippen LogP contribution >= 0.6 is 0 Å². The highest BCUT2D eigenvalue weighted by atomic mass is 19.1. The summed E-state index contributed by atoms with van der Waals surface area (Å²) in [7, 11) is 4.20. The molecule has 1 fully saturated rings. The van der Waals surface area contributed by atoms with E-state index in [1.54, 1.807) is 12.1 Å². The van der Waals surface area contributed by atoms with Crippen molar-refractivity contribution >= 4 is 16.8 Å². The van der Waals surface area contributed by atoms with Gasteiger partial charge in [0.05, 0.1) is 5.56 Å². The van der Waals surface area contributed by atoms with Crippen molar-refractivity contribution in [3.8, 4) is 0 Å². The molecule has 0 saturated carbocycles. The summed E-state index contributed by atoms with van der Waals surface area (Å²) in [5, 5.41) is 0.976. The lowest BCUT2D eigenvalue weighted by atomic mass is 10.0. The molecule has 2 aromatic carbocycles. The molecule has 28 heavy (non-hydrogen) atoms. The first-order valence-electron chi connectivity index (χ1n) is 9.81. The van der Waals surface area contributed by atoms with Gasteiger partial charge in [0.15, 0.2) is 0 Å². The minimum absolute atomic E-state index is 0.103. The topological polar surface area (TPSA) is 28.5 Å². The van der Waals surface area contributed by atoms with E-state index in [0.29, 0.717) is 12.6 Å². The van der Waals surface area contributed by atoms with Gasteiger partial charge in [-0.15, -0.1) is 0 Å². The third kappa shape index (κ3) is 3.67. The van der Waals surface area contributed by atoms with Crippen LogP contribution in [0.1, 0.15) is 28.8 Å². The van der Waals surface area contributed by atoms with E-state index in [1.807, 2.05) is 35.4 Å². The Hall–Kier alpha value is -2.66. The molecule has 4 rings (SSSR count). The van der Waals surface area contributed by atoms with Gasteiger partial charge >= 0.3 is 0 Å². The molecule has 1 aliphatic rings. The van der Waals surface area contributed by atoms with Crippen molar-refractivity contribution < 1.29 is 9.18 Å². The van der Waals surface area contributed by atoms with Gasteiger partial charge < -0.3 is 14.4 Å². The lowest BCUT2D eigenvalue weighted by Gasteiger charge is -2.35. The summed E-state index contributed by atoms with van der Waals surface area (Å²) in [5.74, 6) is -0.135. The number of fused-ring (bicyclic) bond motifs is 1. The molecule has 0 unspecified atom stereocenters. The zero-order valence-electron chi connectivity index (χ0n) is 16.4. The van der Waals surface area contributed by atoms with Crippen LogP contribution in [0.2, 0.25) is 0 Å². The molecule has 1 aromatic heterocycles. The average molecular weight is 379 g/mol. The summed E-state index contributed by atoms with van der Waals surface area (Å²) < 4.78 is 15.3. The summed E-state index contributed by atoms with van der Waals surface area (Å²) in [5.41, 5.74) is 2.78. The second-order valence-electron chi connectivity index (χ2n) is 7.80. The van der Waals surface area contributed by atoms with Crippen LogP contribution < -0.4 is 0 Å². The molecular weight excluding hydrogens is 353 g/mol. The monoisotopic (exact) mass is 379 g/mol. The maximum Gasteiger partial charge on any atom is 0.256 e. The van der Waals surface area contributed by atoms with Crippen LogP contribution in [0.4, 0.5) is 4.39 Å². The molecule has 2 heterocycles. The van der Waals surface area contributed by atoms with E-state index in [2.05, 4.69) is 23.6 Å². The van der Waals surface area contributed by atoms with Gasteiger partial charge in [0.2, 0.25) is 0 Å². The fourth-order valence-corrected chi connectivity index (χ4v) is 4.09. The van der Waals surface area contributed by atoms with Crippen LogP contribution in [0.25, 0.3) is 10.9 Å². The van der Waals surface area contributed by atoms with Crippen LogP contribution in [0.3, 0.4) is 0 Å². The first-order chi connectivity index (χ1) is 13.5. The number of nitrogens with zero attached hydrogens (tertiary/aromatic N) is 3. The van der Waals surface area contributed by atoms with E-state index < -0.39 is 0 Å². The van der Waals surface area contributed by atoms with Gasteiger partial charge in [0.25, 0.3) is 5.91 Å². The predicted octanol–water partition coefficient (Wildman–Crippen LogP) is 3.99. The molecule has 0 aliphatic carbocycles. The number of hydrogen-bond acceptors (Lipinski definition) is 2. The maximum absolute atomic E-state index is 13.3. The van der Waals surface area contributed by atoms with E-state index in [1.165, 1.54) is 12.1 Å². The van der Waals surface area contributed by atoms with E-state index in [4.69, 9.17) is 0 Å². The summed E-state index contributed by atoms with van der Waals surface area (Å²) >= 11 is 0. The second kappa shape index (κ2) is 7.76. The number of carbonyl (C=O) groups is 1. The Balaban J connectivity index is 1.61. The highest BCUT2D eigenvalue weighted by molar-refractivity contribution is 6.07. The fourth-order valence-electron chi connectivity index (χ4n) is 4.09. The van der Waals surface area contributed by atoms with Crippen molar-refractivity contribution in [3.05, 3.63) is 71.7 Å². The molecule has 5 heteroatoms. The normalized spacial score (nSPS) is 15.5. The number of amides is 1. The van der Waals surface area contributed by atoms with E-state index in [9.17, 15) is 9.18 Å². The van der Waals surface area contributed by atoms with Gasteiger partial charge in [-0.1, -0.05) is 30.3 Å². The highest BCUT2D eigenvalue weighted by Crippen LogP contribution is 2.25. The Labute approximate surface area is 165 Å². The van der Waals surface area contributed by atoms with Crippen molar-refractivity contribution in [1.29, 1.82) is 0 Å². The van der Waals surface area contributed by atoms with Gasteiger partial charge in [-0.25, -0.2) is 4.39 Å². The van der Waals surface area contributed by atoms with Crippen molar-refractivity contribution in [2.45, 2.75) is 25.4 Å². The zero-order chi connectivity index (χ0) is 19.7. The molecule has 1 aliphatic heterocycles. The highest BCUT2D eigenvalue weighted by Gasteiger charge is 2.26. The van der Waals surface area contributed by atoms with Crippen molar-refractivity contribution in [1.82, 2.24) is 14.4 Å². The molecule has 0 spiro atoms. The number of hydrogen-bond donors (Lipinski definition) is 0. The Bertz CT molecular complexity index is 969. The predicted molar refractivity (Wildman–Crippen MR) is 110 cm³/mol. The number of piperidine rings is 1. The number of aromatic nitrogens is 1. The molecule has 0 radical (unpaired) electrons. The lowest BCUT2D eigenvalue weighted by molar-refractivity contribution is 0.0665. The van der Waals surface area contributed by atoms with Crippen molar-refractivity contribution in [3.63, 3.8) is 0 Å². The Kier molecular flexibility index (Phi) is 5.18. The SMILES string of the molecule is CN(C)C1CCN(C(=O)c2cn(Cc3ccc(F)cc3)c3ccccc23)CC1. The smallest absolute Gasteiger partial charge is 0.256 e. The van der Waals surface area contributed by atoms with E-state index >= 15 is 0 Å². The zero-order valence-corrected chi connectivity index (χ0v) is 16.4. The van der Waals surface area contributed by atoms with Gasteiger partial charge in [-0.3, -0.25) is 4.79 Å². The molecule has 1 saturated heterocycles. The lowest BCUT2D eigenvalue weighted by Crippen LogP contribution is -2.44. The third-order valence-electron chi connectivity index (χ3n) is 5.77. The minimum Gasteiger partial charge on any atom is -0.342 e. The number of benzene rings is 2. The van der Waals surface area contributed by atoms with Crippen LogP contribution in [0.5, 0.6) is 0 Å². The van der Waals surface area contributed by atoms with Crippen molar-refractivity contribution in [2.24, 2.45) is 0 Å². The number of halogens is 1. The Morgan fingerprint density at radius 3 is 2.43 bits per heavy atom. The van der Waals surface area contributed by atoms with Gasteiger partial charge in [-0.05, 0) is 50.7 Å². The molecule has 3 aromatic rings. The molecular formula is C23H26FN3O. The van der Waals surface area contributed by atoms with Gasteiger partial charge in [0.1, 0.15) is 5.82 Å². The summed E-state index contributed by atoms with van der Waals surface area (Å²) in [4.78, 5) is 17.5. The van der Waals surface area contributed by atoms with Gasteiger partial charge in [0, 0.05) is 42.8 Å². The van der Waals surface area contributed by atoms with E-state index in [-0.39, 0.29) is 11.7 Å². The molecule has 1 amide bonds. The number of rotatable bonds is 4.